The van der Waals surface area contributed by atoms with Crippen LogP contribution in [0.5, 0.6) is 0 Å². The smallest absolute Gasteiger partial charge is 1.00 e. The Bertz CT molecular complexity index is 242. The predicted molar refractivity (Wildman–Crippen MR) is 25.3 cm³/mol. The third-order valence-corrected chi connectivity index (χ3v) is 1.55. The van der Waals surface area contributed by atoms with E-state index in [0.29, 0.717) is 0 Å². The molecule has 0 atom stereocenters. The normalized spacial score (nSPS) is 12.2. The average molecular weight is 312 g/mol. The van der Waals surface area contributed by atoms with E-state index >= 15 is 0 Å². The van der Waals surface area contributed by atoms with Crippen molar-refractivity contribution in [3.63, 3.8) is 0 Å². The molecule has 2 N–H and O–H groups in total. The number of rotatable bonds is 2. The van der Waals surface area contributed by atoms with Gasteiger partial charge in [0, 0.05) is 0 Å². The molecule has 0 rings (SSSR count). The predicted octanol–water partition coefficient (Wildman–Crippen LogP) is -4.27. The van der Waals surface area contributed by atoms with Crippen LogP contribution >= 0.6 is 0 Å². The van der Waals surface area contributed by atoms with Gasteiger partial charge in [0.25, 0.3) is 0 Å². The van der Waals surface area contributed by atoms with Crippen LogP contribution in [0.2, 0.25) is 0 Å². The van der Waals surface area contributed by atoms with Gasteiger partial charge in [-0.1, -0.05) is 0 Å². The van der Waals surface area contributed by atoms with Crippen LogP contribution in [0.3, 0.4) is 0 Å². The van der Waals surface area contributed by atoms with Gasteiger partial charge in [0.1, 0.15) is 0 Å². The Morgan fingerprint density at radius 3 is 1.20 bits per heavy atom. The molecule has 0 aromatic heterocycles. The zero-order valence-electron chi connectivity index (χ0n) is 5.75. The first-order chi connectivity index (χ1) is 3.71. The van der Waals surface area contributed by atoms with E-state index in [1.165, 1.54) is 0 Å². The summed E-state index contributed by atoms with van der Waals surface area (Å²) < 4.78 is 55.6. The maximum atomic E-state index is 9.44. The molecule has 0 aliphatic carbocycles. The van der Waals surface area contributed by atoms with E-state index in [-0.39, 0.29) is 70.3 Å². The first-order valence-corrected chi connectivity index (χ1v) is 4.10. The van der Waals surface area contributed by atoms with Gasteiger partial charge in [-0.3, -0.25) is 9.11 Å². The summed E-state index contributed by atoms with van der Waals surface area (Å²) in [6.45, 7) is 0. The molecule has 0 aromatic carbocycles. The van der Waals surface area contributed by atoms with Gasteiger partial charge in [-0.25, -0.2) is 0 Å². The minimum absolute atomic E-state index is 0. The van der Waals surface area contributed by atoms with Gasteiger partial charge >= 0.3 is 89.7 Å². The Hall–Kier alpha value is 1.83. The van der Waals surface area contributed by atoms with E-state index in [1.54, 1.807) is 0 Å². The Morgan fingerprint density at radius 2 is 1.20 bits per heavy atom. The van der Waals surface area contributed by atoms with E-state index in [1.807, 2.05) is 0 Å². The second-order valence-corrected chi connectivity index (χ2v) is 3.18. The van der Waals surface area contributed by atoms with Gasteiger partial charge in [-0.05, 0) is 0 Å². The summed E-state index contributed by atoms with van der Waals surface area (Å²) in [4.78, 5) is 0. The van der Waals surface area contributed by atoms with Crippen molar-refractivity contribution in [2.75, 3.05) is 0 Å². The number of hydrogen-bond donors (Lipinski definition) is 2. The van der Waals surface area contributed by atoms with Crippen LogP contribution in [0.15, 0.2) is 0 Å². The molecular weight excluding hydrogens is 309 g/mol. The molecule has 0 amide bonds. The molecule has 0 saturated heterocycles. The van der Waals surface area contributed by atoms with E-state index in [0.717, 1.165) is 0 Å². The SMILES string of the molecule is O=S(=O)(O)OS(=O)(=O)O.[Cs+].[H-]. The molecule has 0 aliphatic rings. The summed E-state index contributed by atoms with van der Waals surface area (Å²) in [5.41, 5.74) is 0. The Balaban J connectivity index is -0.000000320. The number of hydrogen-bond acceptors (Lipinski definition) is 5. The molecule has 0 spiro atoms. The van der Waals surface area contributed by atoms with Gasteiger partial charge in [-0.15, -0.1) is 3.63 Å². The molecule has 0 heterocycles. The fourth-order valence-electron chi connectivity index (χ4n) is 0.109. The summed E-state index contributed by atoms with van der Waals surface area (Å²) in [5, 5.41) is 0. The van der Waals surface area contributed by atoms with Gasteiger partial charge in [-0.2, -0.15) is 16.8 Å². The zero-order chi connectivity index (χ0) is 7.71. The fourth-order valence-corrected chi connectivity index (χ4v) is 0.978. The molecule has 0 aromatic rings. The van der Waals surface area contributed by atoms with Gasteiger partial charge in [0.2, 0.25) is 0 Å². The van der Waals surface area contributed by atoms with Crippen LogP contribution < -0.4 is 68.9 Å². The second kappa shape index (κ2) is 4.76. The van der Waals surface area contributed by atoms with Crippen molar-refractivity contribution >= 4 is 20.8 Å². The summed E-state index contributed by atoms with van der Waals surface area (Å²) >= 11 is 0. The van der Waals surface area contributed by atoms with Crippen LogP contribution in [-0.4, -0.2) is 25.9 Å². The monoisotopic (exact) mass is 312 g/mol. The van der Waals surface area contributed by atoms with Crippen molar-refractivity contribution in [3.05, 3.63) is 0 Å². The standard InChI is InChI=1S/Cs.H2O7S2.H/c;1-8(2,3)7-9(4,5)6;/h;(H,1,2,3)(H,4,5,6);/q+1;;-1. The van der Waals surface area contributed by atoms with Crippen LogP contribution in [-0.2, 0) is 24.4 Å². The van der Waals surface area contributed by atoms with E-state index in [9.17, 15) is 16.8 Å². The maximum absolute atomic E-state index is 9.44. The Labute approximate surface area is 118 Å². The average Bonchev–Trinajstić information content (AvgIpc) is 1.14. The third-order valence-electron chi connectivity index (χ3n) is 0.172. The van der Waals surface area contributed by atoms with E-state index in [4.69, 9.17) is 9.11 Å². The second-order valence-electron chi connectivity index (χ2n) is 0.924. The Morgan fingerprint density at radius 1 is 1.00 bits per heavy atom. The van der Waals surface area contributed by atoms with E-state index < -0.39 is 20.8 Å². The molecule has 0 saturated carbocycles. The molecular formula is H3CsO7S2. The minimum atomic E-state index is -5.12. The topological polar surface area (TPSA) is 118 Å². The van der Waals surface area contributed by atoms with Crippen molar-refractivity contribution in [1.29, 1.82) is 0 Å². The maximum Gasteiger partial charge on any atom is 1.00 e. The van der Waals surface area contributed by atoms with Crippen LogP contribution in [0.4, 0.5) is 0 Å². The summed E-state index contributed by atoms with van der Waals surface area (Å²) in [5.74, 6) is 0. The third kappa shape index (κ3) is 12.5. The van der Waals surface area contributed by atoms with Crippen molar-refractivity contribution in [1.82, 2.24) is 0 Å². The molecule has 10 heteroatoms. The molecule has 58 valence electrons. The van der Waals surface area contributed by atoms with Crippen molar-refractivity contribution in [2.24, 2.45) is 0 Å². The van der Waals surface area contributed by atoms with Gasteiger partial charge < -0.3 is 1.43 Å². The quantitative estimate of drug-likeness (QED) is 0.496. The zero-order valence-corrected chi connectivity index (χ0v) is 12.7. The molecule has 0 fully saturated rings. The largest absolute Gasteiger partial charge is 1.00 e. The van der Waals surface area contributed by atoms with Crippen LogP contribution in [0.1, 0.15) is 1.43 Å². The summed E-state index contributed by atoms with van der Waals surface area (Å²) in [6, 6.07) is 0. The van der Waals surface area contributed by atoms with Crippen LogP contribution in [0, 0.1) is 0 Å². The summed E-state index contributed by atoms with van der Waals surface area (Å²) in [7, 11) is -10.2. The van der Waals surface area contributed by atoms with Crippen LogP contribution in [0.25, 0.3) is 0 Å². The van der Waals surface area contributed by atoms with Crippen molar-refractivity contribution in [3.8, 4) is 0 Å². The van der Waals surface area contributed by atoms with E-state index in [2.05, 4.69) is 3.63 Å². The Kier molecular flexibility index (Phi) is 6.84. The minimum Gasteiger partial charge on any atom is -1.00 e. The summed E-state index contributed by atoms with van der Waals surface area (Å²) in [6.07, 6.45) is 0. The molecule has 0 aliphatic heterocycles. The van der Waals surface area contributed by atoms with Crippen molar-refractivity contribution < 1.29 is 99.9 Å². The molecule has 10 heavy (non-hydrogen) atoms. The van der Waals surface area contributed by atoms with Gasteiger partial charge in [0.05, 0.1) is 0 Å². The molecule has 0 unspecified atom stereocenters. The molecule has 0 bridgehead atoms. The van der Waals surface area contributed by atoms with Gasteiger partial charge in [0.15, 0.2) is 0 Å². The molecule has 7 nitrogen and oxygen atoms in total. The molecule has 0 radical (unpaired) electrons. The van der Waals surface area contributed by atoms with Crippen molar-refractivity contribution in [2.45, 2.75) is 0 Å². The fraction of sp³-hybridized carbons (Fsp3) is 0. The first kappa shape index (κ1) is 14.4. The first-order valence-electron chi connectivity index (χ1n) is 1.37.